The van der Waals surface area contributed by atoms with Gasteiger partial charge in [-0.3, -0.25) is 14.4 Å². The number of rotatable bonds is 9. The summed E-state index contributed by atoms with van der Waals surface area (Å²) in [6.45, 7) is 11.0. The van der Waals surface area contributed by atoms with E-state index in [0.717, 1.165) is 0 Å². The van der Waals surface area contributed by atoms with Crippen LogP contribution in [0.2, 0.25) is 5.02 Å². The van der Waals surface area contributed by atoms with Crippen molar-refractivity contribution in [2.75, 3.05) is 0 Å². The van der Waals surface area contributed by atoms with Gasteiger partial charge in [0.1, 0.15) is 17.3 Å². The van der Waals surface area contributed by atoms with Gasteiger partial charge in [-0.1, -0.05) is 57.4 Å². The largest absolute Gasteiger partial charge is 0.506 e. The number of nitrogens with one attached hydrogen (secondary N) is 1. The molecule has 2 aromatic rings. The predicted octanol–water partition coefficient (Wildman–Crippen LogP) is 4.53. The topological polar surface area (TPSA) is 110 Å². The number of carbonyl (C=O) groups is 3. The minimum Gasteiger partial charge on any atom is -0.506 e. The first-order valence-corrected chi connectivity index (χ1v) is 11.0. The van der Waals surface area contributed by atoms with Crippen molar-refractivity contribution < 1.29 is 24.0 Å². The van der Waals surface area contributed by atoms with Gasteiger partial charge in [-0.25, -0.2) is 0 Å². The van der Waals surface area contributed by atoms with Crippen LogP contribution in [0, 0.1) is 24.2 Å². The average molecular weight is 463 g/mol. The maximum atomic E-state index is 13.3. The summed E-state index contributed by atoms with van der Waals surface area (Å²) in [5.41, 5.74) is 0.137. The second kappa shape index (κ2) is 10.3. The second-order valence-corrected chi connectivity index (χ2v) is 9.88. The molecule has 174 valence electrons. The number of amides is 1. The Balaban J connectivity index is 2.30. The van der Waals surface area contributed by atoms with E-state index in [0.29, 0.717) is 11.3 Å². The lowest BCUT2D eigenvalue weighted by Crippen LogP contribution is -2.44. The normalized spacial score (nSPS) is 13.6. The Hall–Kier alpha value is -2.67. The molecule has 8 heteroatoms. The molecule has 1 aromatic carbocycles. The Bertz CT molecular complexity index is 991. The summed E-state index contributed by atoms with van der Waals surface area (Å²) in [5, 5.41) is 16.3. The number of Topliss-reactive ketones (excluding diaryl/α,β-unsaturated/α-hetero) is 2. The quantitative estimate of drug-likeness (QED) is 0.566. The maximum Gasteiger partial charge on any atom is 0.274 e. The number of phenols is 1. The molecule has 1 heterocycles. The van der Waals surface area contributed by atoms with Crippen LogP contribution in [0.5, 0.6) is 5.75 Å². The summed E-state index contributed by atoms with van der Waals surface area (Å²) in [7, 11) is 0. The molecule has 0 unspecified atom stereocenters. The van der Waals surface area contributed by atoms with Crippen LogP contribution < -0.4 is 5.32 Å². The van der Waals surface area contributed by atoms with Crippen LogP contribution in [0.3, 0.4) is 0 Å². The lowest BCUT2D eigenvalue weighted by molar-refractivity contribution is -0.135. The number of carbonyl (C=O) groups excluding carboxylic acids is 3. The van der Waals surface area contributed by atoms with Gasteiger partial charge in [-0.05, 0) is 37.0 Å². The average Bonchev–Trinajstić information content (AvgIpc) is 3.13. The van der Waals surface area contributed by atoms with Gasteiger partial charge in [0.05, 0.1) is 11.1 Å². The Morgan fingerprint density at radius 1 is 1.19 bits per heavy atom. The van der Waals surface area contributed by atoms with E-state index in [1.165, 1.54) is 12.1 Å². The standard InChI is InChI=1S/C24H31ClN2O5/c1-13(2)16(22(30)24(4,5)6)12-21(29)18(11-15-7-8-20(28)17(25)10-15)26-23(31)19-9-14(3)32-27-19/h7-10,13,16,18,28H,11-12H2,1-6H3,(H,26,31)/t16-,18-/m0/s1. The van der Waals surface area contributed by atoms with Crippen LogP contribution in [-0.4, -0.2) is 33.8 Å². The van der Waals surface area contributed by atoms with E-state index < -0.39 is 23.3 Å². The zero-order valence-electron chi connectivity index (χ0n) is 19.4. The van der Waals surface area contributed by atoms with E-state index in [9.17, 15) is 19.5 Å². The van der Waals surface area contributed by atoms with Crippen LogP contribution in [0.15, 0.2) is 28.8 Å². The molecule has 2 atom stereocenters. The highest BCUT2D eigenvalue weighted by Gasteiger charge is 2.35. The summed E-state index contributed by atoms with van der Waals surface area (Å²) in [6.07, 6.45) is 0.151. The monoisotopic (exact) mass is 462 g/mol. The van der Waals surface area contributed by atoms with E-state index in [1.807, 2.05) is 34.6 Å². The fourth-order valence-electron chi connectivity index (χ4n) is 3.41. The number of nitrogens with zero attached hydrogens (tertiary/aromatic N) is 1. The molecule has 2 rings (SSSR count). The first-order chi connectivity index (χ1) is 14.8. The fraction of sp³-hybridized carbons (Fsp3) is 0.500. The second-order valence-electron chi connectivity index (χ2n) is 9.47. The number of aryl methyl sites for hydroxylation is 1. The molecular weight excluding hydrogens is 432 g/mol. The van der Waals surface area contributed by atoms with Crippen LogP contribution in [0.1, 0.15) is 62.9 Å². The molecule has 0 radical (unpaired) electrons. The van der Waals surface area contributed by atoms with Crippen molar-refractivity contribution in [1.29, 1.82) is 0 Å². The Kier molecular flexibility index (Phi) is 8.24. The zero-order chi connectivity index (χ0) is 24.2. The van der Waals surface area contributed by atoms with Gasteiger partial charge in [0.2, 0.25) is 0 Å². The van der Waals surface area contributed by atoms with Gasteiger partial charge in [0, 0.05) is 23.8 Å². The summed E-state index contributed by atoms with van der Waals surface area (Å²) in [5.74, 6) is -0.920. The lowest BCUT2D eigenvalue weighted by atomic mass is 9.75. The molecule has 0 fully saturated rings. The number of hydrogen-bond donors (Lipinski definition) is 2. The maximum absolute atomic E-state index is 13.3. The number of hydrogen-bond acceptors (Lipinski definition) is 6. The smallest absolute Gasteiger partial charge is 0.274 e. The number of aromatic nitrogens is 1. The van der Waals surface area contributed by atoms with Crippen molar-refractivity contribution in [2.45, 2.75) is 60.4 Å². The zero-order valence-corrected chi connectivity index (χ0v) is 20.1. The Morgan fingerprint density at radius 2 is 1.84 bits per heavy atom. The highest BCUT2D eigenvalue weighted by Crippen LogP contribution is 2.29. The summed E-state index contributed by atoms with van der Waals surface area (Å²) >= 11 is 6.01. The number of halogens is 1. The van der Waals surface area contributed by atoms with E-state index in [2.05, 4.69) is 10.5 Å². The highest BCUT2D eigenvalue weighted by atomic mass is 35.5. The Morgan fingerprint density at radius 3 is 2.34 bits per heavy atom. The third kappa shape index (κ3) is 6.66. The highest BCUT2D eigenvalue weighted by molar-refractivity contribution is 6.32. The third-order valence-electron chi connectivity index (χ3n) is 5.31. The van der Waals surface area contributed by atoms with Crippen LogP contribution in [-0.2, 0) is 16.0 Å². The van der Waals surface area contributed by atoms with Gasteiger partial charge in [-0.15, -0.1) is 0 Å². The van der Waals surface area contributed by atoms with Gasteiger partial charge in [-0.2, -0.15) is 0 Å². The van der Waals surface area contributed by atoms with E-state index >= 15 is 0 Å². The first-order valence-electron chi connectivity index (χ1n) is 10.6. The molecule has 0 aliphatic rings. The molecule has 0 saturated carbocycles. The SMILES string of the molecule is Cc1cc(C(=O)N[C@@H](Cc2ccc(O)c(Cl)c2)C(=O)C[C@H](C(=O)C(C)(C)C)C(C)C)no1. The number of benzene rings is 1. The minimum absolute atomic E-state index is 0.00236. The lowest BCUT2D eigenvalue weighted by Gasteiger charge is -2.28. The molecule has 32 heavy (non-hydrogen) atoms. The van der Waals surface area contributed by atoms with Crippen molar-refractivity contribution in [3.8, 4) is 5.75 Å². The van der Waals surface area contributed by atoms with E-state index in [1.54, 1.807) is 19.1 Å². The number of ketones is 2. The molecule has 7 nitrogen and oxygen atoms in total. The molecule has 1 amide bonds. The molecular formula is C24H31ClN2O5. The molecule has 2 N–H and O–H groups in total. The molecule has 0 aliphatic carbocycles. The molecule has 0 saturated heterocycles. The van der Waals surface area contributed by atoms with Crippen LogP contribution >= 0.6 is 11.6 Å². The van der Waals surface area contributed by atoms with Crippen LogP contribution in [0.4, 0.5) is 0 Å². The van der Waals surface area contributed by atoms with Crippen molar-refractivity contribution in [1.82, 2.24) is 10.5 Å². The van der Waals surface area contributed by atoms with Gasteiger partial charge >= 0.3 is 0 Å². The Labute approximate surface area is 193 Å². The van der Waals surface area contributed by atoms with E-state index in [4.69, 9.17) is 16.1 Å². The molecule has 0 spiro atoms. The minimum atomic E-state index is -0.908. The van der Waals surface area contributed by atoms with Crippen molar-refractivity contribution >= 4 is 29.1 Å². The van der Waals surface area contributed by atoms with E-state index in [-0.39, 0.29) is 46.8 Å². The molecule has 1 aromatic heterocycles. The van der Waals surface area contributed by atoms with Crippen molar-refractivity contribution in [3.05, 3.63) is 46.3 Å². The van der Waals surface area contributed by atoms with Crippen LogP contribution in [0.25, 0.3) is 0 Å². The van der Waals surface area contributed by atoms with Gasteiger partial charge in [0.15, 0.2) is 11.5 Å². The summed E-state index contributed by atoms with van der Waals surface area (Å²) in [4.78, 5) is 38.9. The van der Waals surface area contributed by atoms with Crippen molar-refractivity contribution in [3.63, 3.8) is 0 Å². The fourth-order valence-corrected chi connectivity index (χ4v) is 3.61. The molecule has 0 bridgehead atoms. The number of aromatic hydroxyl groups is 1. The first kappa shape index (κ1) is 25.6. The third-order valence-corrected chi connectivity index (χ3v) is 5.61. The van der Waals surface area contributed by atoms with Gasteiger partial charge < -0.3 is 14.9 Å². The van der Waals surface area contributed by atoms with Gasteiger partial charge in [0.25, 0.3) is 5.91 Å². The molecule has 0 aliphatic heterocycles. The summed E-state index contributed by atoms with van der Waals surface area (Å²) < 4.78 is 4.95. The predicted molar refractivity (Wildman–Crippen MR) is 122 cm³/mol. The number of phenolic OH excluding ortho intramolecular Hbond substituents is 1. The summed E-state index contributed by atoms with van der Waals surface area (Å²) in [6, 6.07) is 5.18. The van der Waals surface area contributed by atoms with Crippen molar-refractivity contribution in [2.24, 2.45) is 17.3 Å².